The summed E-state index contributed by atoms with van der Waals surface area (Å²) in [6, 6.07) is 0. The third-order valence-corrected chi connectivity index (χ3v) is 8.63. The van der Waals surface area contributed by atoms with Crippen molar-refractivity contribution in [3.8, 4) is 0 Å². The summed E-state index contributed by atoms with van der Waals surface area (Å²) in [6.07, 6.45) is 4.65. The number of rotatable bonds is 0. The number of carbonyl (C=O) groups is 3. The third kappa shape index (κ3) is 1.05. The smallest absolute Gasteiger partial charge is 0.194 e. The van der Waals surface area contributed by atoms with Crippen molar-refractivity contribution in [3.05, 3.63) is 12.2 Å². The van der Waals surface area contributed by atoms with Crippen LogP contribution in [0.25, 0.3) is 0 Å². The van der Waals surface area contributed by atoms with Gasteiger partial charge >= 0.3 is 0 Å². The summed E-state index contributed by atoms with van der Waals surface area (Å²) in [4.78, 5) is 38.0. The summed E-state index contributed by atoms with van der Waals surface area (Å²) in [7, 11) is 0. The van der Waals surface area contributed by atoms with Crippen molar-refractivity contribution in [1.29, 1.82) is 0 Å². The van der Waals surface area contributed by atoms with Gasteiger partial charge in [-0.15, -0.1) is 0 Å². The number of fused-ring (bicyclic) bond motifs is 7. The predicted molar refractivity (Wildman–Crippen MR) is 79.6 cm³/mol. The highest BCUT2D eigenvalue weighted by molar-refractivity contribution is 9.10. The number of alkyl halides is 1. The van der Waals surface area contributed by atoms with Gasteiger partial charge in [-0.1, -0.05) is 28.1 Å². The minimum atomic E-state index is -1.00. The first-order chi connectivity index (χ1) is 11.0. The summed E-state index contributed by atoms with van der Waals surface area (Å²) in [6.45, 7) is 1.02. The molecule has 0 unspecified atom stereocenters. The lowest BCUT2D eigenvalue weighted by Crippen LogP contribution is -2.49. The fourth-order valence-corrected chi connectivity index (χ4v) is 7.85. The van der Waals surface area contributed by atoms with Gasteiger partial charge in [-0.05, 0) is 11.8 Å². The second-order valence-electron chi connectivity index (χ2n) is 7.69. The van der Waals surface area contributed by atoms with Crippen LogP contribution in [0, 0.1) is 35.0 Å². The quantitative estimate of drug-likeness (QED) is 0.358. The van der Waals surface area contributed by atoms with Crippen molar-refractivity contribution in [2.45, 2.75) is 23.0 Å². The van der Waals surface area contributed by atoms with E-state index in [0.29, 0.717) is 26.1 Å². The Morgan fingerprint density at radius 3 is 2.35 bits per heavy atom. The van der Waals surface area contributed by atoms with E-state index in [1.165, 1.54) is 0 Å². The molecule has 5 aliphatic carbocycles. The van der Waals surface area contributed by atoms with Crippen LogP contribution in [0.15, 0.2) is 12.2 Å². The van der Waals surface area contributed by atoms with Gasteiger partial charge in [0.1, 0.15) is 27.1 Å². The van der Waals surface area contributed by atoms with Crippen LogP contribution in [0.2, 0.25) is 0 Å². The van der Waals surface area contributed by atoms with Crippen molar-refractivity contribution >= 4 is 33.3 Å². The Balaban J connectivity index is 1.52. The number of halogens is 1. The Hall–Kier alpha value is -0.850. The van der Waals surface area contributed by atoms with E-state index in [4.69, 9.17) is 9.47 Å². The summed E-state index contributed by atoms with van der Waals surface area (Å²) >= 11 is 3.83. The van der Waals surface area contributed by atoms with E-state index in [0.717, 1.165) is 0 Å². The maximum atomic E-state index is 13.1. The normalized spacial score (nSPS) is 52.9. The summed E-state index contributed by atoms with van der Waals surface area (Å²) in [5, 5.41) is 0. The molecule has 0 aromatic carbocycles. The van der Waals surface area contributed by atoms with Crippen LogP contribution in [0.1, 0.15) is 12.8 Å². The van der Waals surface area contributed by atoms with Crippen LogP contribution < -0.4 is 0 Å². The number of Topliss-reactive ketones (excluding diaryl/α,β-unsaturated/α-hetero) is 3. The van der Waals surface area contributed by atoms with Crippen molar-refractivity contribution < 1.29 is 23.9 Å². The Kier molecular flexibility index (Phi) is 2.08. The van der Waals surface area contributed by atoms with Gasteiger partial charge in [0, 0.05) is 30.6 Å². The van der Waals surface area contributed by atoms with Gasteiger partial charge in [0.2, 0.25) is 0 Å². The molecule has 4 saturated carbocycles. The minimum Gasteiger partial charge on any atom is -0.345 e. The maximum absolute atomic E-state index is 13.1. The van der Waals surface area contributed by atoms with E-state index in [1.54, 1.807) is 0 Å². The van der Waals surface area contributed by atoms with E-state index in [2.05, 4.69) is 15.9 Å². The molecule has 0 amide bonds. The molecule has 6 aliphatic rings. The zero-order valence-electron chi connectivity index (χ0n) is 12.3. The second-order valence-corrected chi connectivity index (χ2v) is 9.00. The lowest BCUT2D eigenvalue weighted by atomic mass is 9.75. The van der Waals surface area contributed by atoms with E-state index >= 15 is 0 Å². The Bertz CT molecular complexity index is 719. The molecule has 6 heteroatoms. The molecule has 120 valence electrons. The van der Waals surface area contributed by atoms with Crippen LogP contribution in [-0.4, -0.2) is 40.7 Å². The molecular formula is C17H15BrO5. The number of hydrogen-bond donors (Lipinski definition) is 0. The van der Waals surface area contributed by atoms with Crippen molar-refractivity contribution in [2.24, 2.45) is 35.0 Å². The average molecular weight is 379 g/mol. The zero-order chi connectivity index (χ0) is 15.8. The predicted octanol–water partition coefficient (Wildman–Crippen LogP) is 1.04. The van der Waals surface area contributed by atoms with Crippen LogP contribution in [-0.2, 0) is 23.9 Å². The summed E-state index contributed by atoms with van der Waals surface area (Å²) in [5.41, 5.74) is -1.00. The summed E-state index contributed by atoms with van der Waals surface area (Å²) < 4.78 is 11.4. The first kappa shape index (κ1) is 13.4. The third-order valence-electron chi connectivity index (χ3n) is 7.28. The SMILES string of the molecule is O=C1[C@H]2[C@@H]([C@@H]3[C@H]1C31C(=O)CCC1=O)[C@@]1(Br)C=C[C@@H]2C12OCCO2. The highest BCUT2D eigenvalue weighted by atomic mass is 79.9. The monoisotopic (exact) mass is 378 g/mol. The van der Waals surface area contributed by atoms with Gasteiger partial charge in [-0.25, -0.2) is 0 Å². The Labute approximate surface area is 140 Å². The van der Waals surface area contributed by atoms with Gasteiger partial charge in [-0.3, -0.25) is 14.4 Å². The van der Waals surface area contributed by atoms with E-state index in [-0.39, 0.29) is 41.0 Å². The molecule has 0 radical (unpaired) electrons. The largest absolute Gasteiger partial charge is 0.345 e. The number of ketones is 3. The van der Waals surface area contributed by atoms with Crippen LogP contribution in [0.5, 0.6) is 0 Å². The molecular weight excluding hydrogens is 364 g/mol. The van der Waals surface area contributed by atoms with E-state index < -0.39 is 21.4 Å². The number of carbonyl (C=O) groups excluding carboxylic acids is 3. The van der Waals surface area contributed by atoms with Crippen molar-refractivity contribution in [2.75, 3.05) is 13.2 Å². The summed E-state index contributed by atoms with van der Waals surface area (Å²) in [5.74, 6) is -1.74. The molecule has 2 spiro atoms. The van der Waals surface area contributed by atoms with E-state index in [9.17, 15) is 14.4 Å². The molecule has 1 aliphatic heterocycles. The van der Waals surface area contributed by atoms with Gasteiger partial charge in [0.15, 0.2) is 5.79 Å². The molecule has 2 bridgehead atoms. The van der Waals surface area contributed by atoms with Crippen molar-refractivity contribution in [1.82, 2.24) is 0 Å². The van der Waals surface area contributed by atoms with Gasteiger partial charge in [0.25, 0.3) is 0 Å². The lowest BCUT2D eigenvalue weighted by Gasteiger charge is -2.37. The number of ether oxygens (including phenoxy) is 2. The molecule has 0 aromatic heterocycles. The van der Waals surface area contributed by atoms with Crippen molar-refractivity contribution in [3.63, 3.8) is 0 Å². The maximum Gasteiger partial charge on any atom is 0.194 e. The lowest BCUT2D eigenvalue weighted by molar-refractivity contribution is -0.179. The first-order valence-electron chi connectivity index (χ1n) is 8.26. The molecule has 1 heterocycles. The second kappa shape index (κ2) is 3.55. The highest BCUT2D eigenvalue weighted by Crippen LogP contribution is 2.81. The van der Waals surface area contributed by atoms with E-state index in [1.807, 2.05) is 12.2 Å². The molecule has 5 fully saturated rings. The molecule has 5 nitrogen and oxygen atoms in total. The van der Waals surface area contributed by atoms with Gasteiger partial charge < -0.3 is 9.47 Å². The molecule has 1 saturated heterocycles. The topological polar surface area (TPSA) is 69.7 Å². The molecule has 6 atom stereocenters. The first-order valence-corrected chi connectivity index (χ1v) is 9.06. The molecule has 23 heavy (non-hydrogen) atoms. The van der Waals surface area contributed by atoms with Gasteiger partial charge in [0.05, 0.1) is 13.2 Å². The average Bonchev–Trinajstić information content (AvgIpc) is 2.97. The Morgan fingerprint density at radius 1 is 1.04 bits per heavy atom. The molecule has 0 aromatic rings. The van der Waals surface area contributed by atoms with Crippen LogP contribution >= 0.6 is 15.9 Å². The highest BCUT2D eigenvalue weighted by Gasteiger charge is 2.91. The van der Waals surface area contributed by atoms with Crippen LogP contribution in [0.4, 0.5) is 0 Å². The zero-order valence-corrected chi connectivity index (χ0v) is 13.9. The molecule has 0 N–H and O–H groups in total. The number of hydrogen-bond acceptors (Lipinski definition) is 5. The Morgan fingerprint density at radius 2 is 1.70 bits per heavy atom. The fourth-order valence-electron chi connectivity index (χ4n) is 6.64. The standard InChI is InChI=1S/C17H15BrO5/c18-15-4-3-7(17(15)22-5-6-23-17)10-11(15)12-13(14(10)21)16(12)8(19)1-2-9(16)20/h3-4,7,10-13H,1-2,5-6H2/t7-,10+,11-,12+,13+,15-/m0/s1. The van der Waals surface area contributed by atoms with Crippen LogP contribution in [0.3, 0.4) is 0 Å². The van der Waals surface area contributed by atoms with Gasteiger partial charge in [-0.2, -0.15) is 0 Å². The minimum absolute atomic E-state index is 0.0190. The fraction of sp³-hybridized carbons (Fsp3) is 0.706. The molecule has 6 rings (SSSR count).